The predicted molar refractivity (Wildman–Crippen MR) is 67.2 cm³/mol. The molecule has 0 aliphatic rings. The summed E-state index contributed by atoms with van der Waals surface area (Å²) in [5, 5.41) is 4.31. The van der Waals surface area contributed by atoms with Gasteiger partial charge in [0.1, 0.15) is 5.76 Å². The van der Waals surface area contributed by atoms with Crippen LogP contribution in [0.3, 0.4) is 0 Å². The Hall–Kier alpha value is -1.88. The summed E-state index contributed by atoms with van der Waals surface area (Å²) >= 11 is 0. The van der Waals surface area contributed by atoms with Crippen LogP contribution in [0.2, 0.25) is 0 Å². The van der Waals surface area contributed by atoms with Crippen molar-refractivity contribution in [1.29, 1.82) is 0 Å². The fourth-order valence-electron chi connectivity index (χ4n) is 1.80. The quantitative estimate of drug-likeness (QED) is 0.812. The average Bonchev–Trinajstić information content (AvgIpc) is 2.96. The van der Waals surface area contributed by atoms with Gasteiger partial charge in [0, 0.05) is 12.7 Å². The molecule has 0 saturated carbocycles. The molecule has 0 spiro atoms. The Morgan fingerprint density at radius 3 is 2.83 bits per heavy atom. The molecule has 2 heterocycles. The SMILES string of the molecule is CCc1cc(CC(=O)c2ccc(CN)o2)n(C)n1. The van der Waals surface area contributed by atoms with Gasteiger partial charge in [-0.25, -0.2) is 0 Å². The van der Waals surface area contributed by atoms with Gasteiger partial charge in [-0.1, -0.05) is 6.92 Å². The van der Waals surface area contributed by atoms with E-state index in [0.717, 1.165) is 17.8 Å². The third-order valence-corrected chi connectivity index (χ3v) is 2.87. The van der Waals surface area contributed by atoms with E-state index >= 15 is 0 Å². The van der Waals surface area contributed by atoms with Gasteiger partial charge in [-0.2, -0.15) is 5.10 Å². The highest BCUT2D eigenvalue weighted by Crippen LogP contribution is 2.12. The highest BCUT2D eigenvalue weighted by molar-refractivity contribution is 5.94. The van der Waals surface area contributed by atoms with E-state index in [2.05, 4.69) is 5.10 Å². The standard InChI is InChI=1S/C13H17N3O2/c1-3-9-6-10(16(2)15-9)7-12(17)13-5-4-11(8-14)18-13/h4-6H,3,7-8,14H2,1-2H3. The van der Waals surface area contributed by atoms with E-state index in [1.54, 1.807) is 16.8 Å². The number of aromatic nitrogens is 2. The van der Waals surface area contributed by atoms with Gasteiger partial charge in [0.15, 0.2) is 5.76 Å². The van der Waals surface area contributed by atoms with Gasteiger partial charge < -0.3 is 10.2 Å². The second kappa shape index (κ2) is 5.18. The summed E-state index contributed by atoms with van der Waals surface area (Å²) in [5.41, 5.74) is 7.32. The Kier molecular flexibility index (Phi) is 3.62. The monoisotopic (exact) mass is 247 g/mol. The van der Waals surface area contributed by atoms with Crippen LogP contribution in [-0.2, 0) is 26.4 Å². The van der Waals surface area contributed by atoms with E-state index in [-0.39, 0.29) is 5.78 Å². The first-order valence-corrected chi connectivity index (χ1v) is 5.97. The van der Waals surface area contributed by atoms with E-state index in [1.165, 1.54) is 0 Å². The van der Waals surface area contributed by atoms with Crippen molar-refractivity contribution >= 4 is 5.78 Å². The van der Waals surface area contributed by atoms with Crippen LogP contribution in [0.4, 0.5) is 0 Å². The summed E-state index contributed by atoms with van der Waals surface area (Å²) in [7, 11) is 1.84. The van der Waals surface area contributed by atoms with Crippen LogP contribution in [0.5, 0.6) is 0 Å². The zero-order chi connectivity index (χ0) is 13.1. The molecule has 2 aromatic rings. The Bertz CT molecular complexity index is 554. The summed E-state index contributed by atoms with van der Waals surface area (Å²) < 4.78 is 7.08. The Labute approximate surface area is 106 Å². The van der Waals surface area contributed by atoms with Gasteiger partial charge in [0.25, 0.3) is 0 Å². The first-order chi connectivity index (χ1) is 8.63. The lowest BCUT2D eigenvalue weighted by atomic mass is 10.1. The molecule has 0 aliphatic carbocycles. The average molecular weight is 247 g/mol. The number of carbonyl (C=O) groups excluding carboxylic acids is 1. The summed E-state index contributed by atoms with van der Waals surface area (Å²) in [5.74, 6) is 0.924. The Morgan fingerprint density at radius 1 is 1.50 bits per heavy atom. The fourth-order valence-corrected chi connectivity index (χ4v) is 1.80. The van der Waals surface area contributed by atoms with Crippen LogP contribution in [0.1, 0.15) is 34.6 Å². The number of ketones is 1. The third kappa shape index (κ3) is 2.51. The number of hydrogen-bond acceptors (Lipinski definition) is 4. The van der Waals surface area contributed by atoms with E-state index in [4.69, 9.17) is 10.2 Å². The minimum atomic E-state index is -0.0552. The molecule has 2 rings (SSSR count). The van der Waals surface area contributed by atoms with Crippen LogP contribution in [0, 0.1) is 0 Å². The number of hydrogen-bond donors (Lipinski definition) is 1. The van der Waals surface area contributed by atoms with E-state index < -0.39 is 0 Å². The number of Topliss-reactive ketones (excluding diaryl/α,β-unsaturated/α-hetero) is 1. The second-order valence-electron chi connectivity index (χ2n) is 4.17. The molecule has 0 unspecified atom stereocenters. The molecule has 5 nitrogen and oxygen atoms in total. The largest absolute Gasteiger partial charge is 0.457 e. The van der Waals surface area contributed by atoms with Crippen molar-refractivity contribution in [2.24, 2.45) is 12.8 Å². The number of aryl methyl sites for hydroxylation is 2. The maximum absolute atomic E-state index is 12.0. The van der Waals surface area contributed by atoms with Gasteiger partial charge >= 0.3 is 0 Å². The molecule has 18 heavy (non-hydrogen) atoms. The van der Waals surface area contributed by atoms with Gasteiger partial charge in [-0.3, -0.25) is 9.48 Å². The highest BCUT2D eigenvalue weighted by atomic mass is 16.3. The molecular weight excluding hydrogens is 230 g/mol. The van der Waals surface area contributed by atoms with Crippen molar-refractivity contribution in [2.45, 2.75) is 26.3 Å². The molecule has 2 N–H and O–H groups in total. The summed E-state index contributed by atoms with van der Waals surface area (Å²) in [4.78, 5) is 12.0. The molecule has 0 radical (unpaired) electrons. The van der Waals surface area contributed by atoms with Crippen LogP contribution in [0.15, 0.2) is 22.6 Å². The van der Waals surface area contributed by atoms with E-state index in [9.17, 15) is 4.79 Å². The topological polar surface area (TPSA) is 74.1 Å². The third-order valence-electron chi connectivity index (χ3n) is 2.87. The van der Waals surface area contributed by atoms with Crippen molar-refractivity contribution in [3.05, 3.63) is 41.1 Å². The molecule has 0 bridgehead atoms. The maximum Gasteiger partial charge on any atom is 0.203 e. The molecule has 0 atom stereocenters. The molecule has 96 valence electrons. The van der Waals surface area contributed by atoms with E-state index in [1.807, 2.05) is 20.0 Å². The molecule has 2 aromatic heterocycles. The van der Waals surface area contributed by atoms with Crippen LogP contribution < -0.4 is 5.73 Å². The number of nitrogens with two attached hydrogens (primary N) is 1. The lowest BCUT2D eigenvalue weighted by Crippen LogP contribution is -2.07. The summed E-state index contributed by atoms with van der Waals surface area (Å²) in [6.07, 6.45) is 1.15. The second-order valence-corrected chi connectivity index (χ2v) is 4.17. The molecule has 0 fully saturated rings. The normalized spacial score (nSPS) is 10.8. The van der Waals surface area contributed by atoms with Gasteiger partial charge in [-0.15, -0.1) is 0 Å². The fraction of sp³-hybridized carbons (Fsp3) is 0.385. The highest BCUT2D eigenvalue weighted by Gasteiger charge is 2.14. The van der Waals surface area contributed by atoms with Crippen molar-refractivity contribution in [3.63, 3.8) is 0 Å². The van der Waals surface area contributed by atoms with Gasteiger partial charge in [0.05, 0.1) is 18.7 Å². The maximum atomic E-state index is 12.0. The van der Waals surface area contributed by atoms with Crippen LogP contribution in [-0.4, -0.2) is 15.6 Å². The summed E-state index contributed by atoms with van der Waals surface area (Å²) in [6, 6.07) is 5.35. The van der Waals surface area contributed by atoms with Crippen molar-refractivity contribution in [2.75, 3.05) is 0 Å². The predicted octanol–water partition coefficient (Wildman–Crippen LogP) is 1.46. The molecule has 0 aromatic carbocycles. The van der Waals surface area contributed by atoms with Crippen molar-refractivity contribution in [1.82, 2.24) is 9.78 Å². The Morgan fingerprint density at radius 2 is 2.28 bits per heavy atom. The Balaban J connectivity index is 2.13. The number of nitrogens with zero attached hydrogens (tertiary/aromatic N) is 2. The number of rotatable bonds is 5. The zero-order valence-electron chi connectivity index (χ0n) is 10.6. The van der Waals surface area contributed by atoms with E-state index in [0.29, 0.717) is 24.5 Å². The van der Waals surface area contributed by atoms with Crippen LogP contribution >= 0.6 is 0 Å². The molecule has 5 heteroatoms. The lowest BCUT2D eigenvalue weighted by Gasteiger charge is -1.99. The van der Waals surface area contributed by atoms with Gasteiger partial charge in [-0.05, 0) is 24.6 Å². The van der Waals surface area contributed by atoms with Crippen molar-refractivity contribution in [3.8, 4) is 0 Å². The van der Waals surface area contributed by atoms with Crippen molar-refractivity contribution < 1.29 is 9.21 Å². The number of furan rings is 1. The summed E-state index contributed by atoms with van der Waals surface area (Å²) in [6.45, 7) is 2.34. The van der Waals surface area contributed by atoms with Gasteiger partial charge in [0.2, 0.25) is 5.78 Å². The molecule has 0 saturated heterocycles. The molecule has 0 amide bonds. The smallest absolute Gasteiger partial charge is 0.203 e. The zero-order valence-corrected chi connectivity index (χ0v) is 10.6. The number of carbonyl (C=O) groups is 1. The lowest BCUT2D eigenvalue weighted by molar-refractivity contribution is 0.0962. The molecule has 0 aliphatic heterocycles. The molecular formula is C13H17N3O2. The minimum Gasteiger partial charge on any atom is -0.457 e. The minimum absolute atomic E-state index is 0.0552. The van der Waals surface area contributed by atoms with Crippen LogP contribution in [0.25, 0.3) is 0 Å². The first kappa shape index (κ1) is 12.6. The first-order valence-electron chi connectivity index (χ1n) is 5.97.